The number of nitrogens with one attached hydrogen (secondary N) is 1. The number of ether oxygens (including phenoxy) is 1. The Bertz CT molecular complexity index is 594. The zero-order valence-corrected chi connectivity index (χ0v) is 10.7. The van der Waals surface area contributed by atoms with Gasteiger partial charge in [-0.1, -0.05) is 6.07 Å². The van der Waals surface area contributed by atoms with Gasteiger partial charge in [-0.3, -0.25) is 14.8 Å². The first-order valence-corrected chi connectivity index (χ1v) is 5.76. The summed E-state index contributed by atoms with van der Waals surface area (Å²) in [5.41, 5.74) is 0.979. The van der Waals surface area contributed by atoms with Crippen LogP contribution in [0.5, 0.6) is 5.75 Å². The van der Waals surface area contributed by atoms with Crippen LogP contribution >= 0.6 is 0 Å². The van der Waals surface area contributed by atoms with Gasteiger partial charge in [-0.15, -0.1) is 0 Å². The molecular formula is C12H14N4O3. The van der Waals surface area contributed by atoms with E-state index in [0.717, 1.165) is 6.54 Å². The molecule has 1 N–H and O–H groups in total. The summed E-state index contributed by atoms with van der Waals surface area (Å²) in [7, 11) is 1.40. The monoisotopic (exact) mass is 262 g/mol. The summed E-state index contributed by atoms with van der Waals surface area (Å²) >= 11 is 0. The predicted octanol–water partition coefficient (Wildman–Crippen LogP) is 2.56. The fourth-order valence-corrected chi connectivity index (χ4v) is 1.73. The molecule has 0 aliphatic carbocycles. The molecule has 7 heteroatoms. The average Bonchev–Trinajstić information content (AvgIpc) is 2.85. The Labute approximate surface area is 110 Å². The molecule has 0 radical (unpaired) electrons. The maximum absolute atomic E-state index is 11.1. The minimum absolute atomic E-state index is 0.0887. The number of rotatable bonds is 5. The van der Waals surface area contributed by atoms with Gasteiger partial charge in [-0.05, 0) is 19.1 Å². The van der Waals surface area contributed by atoms with Crippen molar-refractivity contribution in [3.8, 4) is 5.75 Å². The highest BCUT2D eigenvalue weighted by molar-refractivity contribution is 5.73. The summed E-state index contributed by atoms with van der Waals surface area (Å²) in [5, 5.41) is 18.2. The first-order valence-electron chi connectivity index (χ1n) is 5.76. The number of benzene rings is 1. The lowest BCUT2D eigenvalue weighted by atomic mass is 10.2. The number of nitro benzene ring substituents is 1. The molecule has 1 heterocycles. The summed E-state index contributed by atoms with van der Waals surface area (Å²) in [4.78, 5) is 10.7. The summed E-state index contributed by atoms with van der Waals surface area (Å²) in [6.45, 7) is 2.70. The molecule has 0 aliphatic heterocycles. The van der Waals surface area contributed by atoms with Crippen LogP contribution in [0.15, 0.2) is 30.6 Å². The van der Waals surface area contributed by atoms with Gasteiger partial charge in [0.25, 0.3) is 0 Å². The van der Waals surface area contributed by atoms with Crippen LogP contribution in [0.1, 0.15) is 6.92 Å². The third-order valence-corrected chi connectivity index (χ3v) is 2.64. The van der Waals surface area contributed by atoms with Crippen molar-refractivity contribution in [2.24, 2.45) is 0 Å². The van der Waals surface area contributed by atoms with Crippen molar-refractivity contribution in [3.63, 3.8) is 0 Å². The first kappa shape index (κ1) is 12.9. The van der Waals surface area contributed by atoms with Crippen molar-refractivity contribution in [1.82, 2.24) is 9.78 Å². The number of nitrogens with zero attached hydrogens (tertiary/aromatic N) is 3. The van der Waals surface area contributed by atoms with Crippen LogP contribution in [-0.4, -0.2) is 21.8 Å². The van der Waals surface area contributed by atoms with Gasteiger partial charge >= 0.3 is 5.69 Å². The number of hydrogen-bond donors (Lipinski definition) is 1. The Morgan fingerprint density at radius 3 is 2.89 bits per heavy atom. The van der Waals surface area contributed by atoms with E-state index >= 15 is 0 Å². The number of nitro groups is 1. The van der Waals surface area contributed by atoms with Gasteiger partial charge in [0.1, 0.15) is 5.69 Å². The molecule has 100 valence electrons. The molecule has 0 spiro atoms. The van der Waals surface area contributed by atoms with Crippen LogP contribution < -0.4 is 10.1 Å². The standard InChI is InChI=1S/C12H14N4O3/c1-3-15-8-9(7-13-15)14-10-5-4-6-11(19-2)12(10)16(17)18/h4-8,14H,3H2,1-2H3. The normalized spacial score (nSPS) is 10.2. The molecule has 7 nitrogen and oxygen atoms in total. The van der Waals surface area contributed by atoms with Gasteiger partial charge in [0, 0.05) is 12.7 Å². The molecule has 0 aliphatic rings. The lowest BCUT2D eigenvalue weighted by molar-refractivity contribution is -0.384. The van der Waals surface area contributed by atoms with E-state index < -0.39 is 4.92 Å². The highest BCUT2D eigenvalue weighted by Crippen LogP contribution is 2.35. The summed E-state index contributed by atoms with van der Waals surface area (Å²) in [6.07, 6.45) is 3.40. The summed E-state index contributed by atoms with van der Waals surface area (Å²) < 4.78 is 6.74. The van der Waals surface area contributed by atoms with Crippen molar-refractivity contribution in [2.75, 3.05) is 12.4 Å². The smallest absolute Gasteiger partial charge is 0.334 e. The number of aryl methyl sites for hydroxylation is 1. The van der Waals surface area contributed by atoms with Crippen molar-refractivity contribution in [3.05, 3.63) is 40.7 Å². The maximum Gasteiger partial charge on any atom is 0.334 e. The van der Waals surface area contributed by atoms with Crippen molar-refractivity contribution < 1.29 is 9.66 Å². The Morgan fingerprint density at radius 2 is 2.32 bits per heavy atom. The minimum Gasteiger partial charge on any atom is -0.490 e. The SMILES string of the molecule is CCn1cc(Nc2cccc(OC)c2[N+](=O)[O-])cn1. The quantitative estimate of drug-likeness (QED) is 0.661. The zero-order valence-electron chi connectivity index (χ0n) is 10.7. The van der Waals surface area contributed by atoms with Crippen LogP contribution in [-0.2, 0) is 6.54 Å². The van der Waals surface area contributed by atoms with Crippen LogP contribution in [0, 0.1) is 10.1 Å². The molecule has 0 fully saturated rings. The van der Waals surface area contributed by atoms with E-state index in [1.54, 1.807) is 35.3 Å². The number of methoxy groups -OCH3 is 1. The molecule has 0 atom stereocenters. The third kappa shape index (κ3) is 2.65. The third-order valence-electron chi connectivity index (χ3n) is 2.64. The zero-order chi connectivity index (χ0) is 13.8. The highest BCUT2D eigenvalue weighted by Gasteiger charge is 2.20. The number of aromatic nitrogens is 2. The van der Waals surface area contributed by atoms with E-state index in [-0.39, 0.29) is 11.4 Å². The van der Waals surface area contributed by atoms with E-state index in [9.17, 15) is 10.1 Å². The van der Waals surface area contributed by atoms with Crippen LogP contribution in [0.25, 0.3) is 0 Å². The number of hydrogen-bond acceptors (Lipinski definition) is 5. The molecule has 2 rings (SSSR count). The molecule has 1 aromatic carbocycles. The molecule has 0 unspecified atom stereocenters. The second-order valence-electron chi connectivity index (χ2n) is 3.82. The molecule has 0 saturated heterocycles. The van der Waals surface area contributed by atoms with Crippen molar-refractivity contribution in [2.45, 2.75) is 13.5 Å². The van der Waals surface area contributed by atoms with Crippen molar-refractivity contribution >= 4 is 17.1 Å². The van der Waals surface area contributed by atoms with Gasteiger partial charge in [0.2, 0.25) is 0 Å². The molecule has 0 saturated carbocycles. The van der Waals surface area contributed by atoms with Crippen LogP contribution in [0.2, 0.25) is 0 Å². The van der Waals surface area contributed by atoms with Gasteiger partial charge in [0.05, 0.1) is 23.9 Å². The van der Waals surface area contributed by atoms with E-state index in [0.29, 0.717) is 11.4 Å². The van der Waals surface area contributed by atoms with Crippen LogP contribution in [0.3, 0.4) is 0 Å². The molecular weight excluding hydrogens is 248 g/mol. The second-order valence-corrected chi connectivity index (χ2v) is 3.82. The second kappa shape index (κ2) is 5.38. The van der Waals surface area contributed by atoms with E-state index in [1.807, 2.05) is 6.92 Å². The molecule has 1 aromatic heterocycles. The number of para-hydroxylation sites is 1. The lowest BCUT2D eigenvalue weighted by Crippen LogP contribution is -1.99. The largest absolute Gasteiger partial charge is 0.490 e. The van der Waals surface area contributed by atoms with Gasteiger partial charge in [-0.25, -0.2) is 0 Å². The lowest BCUT2D eigenvalue weighted by Gasteiger charge is -2.07. The Hall–Kier alpha value is -2.57. The van der Waals surface area contributed by atoms with E-state index in [4.69, 9.17) is 4.74 Å². The van der Waals surface area contributed by atoms with Gasteiger partial charge in [0.15, 0.2) is 5.75 Å². The Morgan fingerprint density at radius 1 is 1.53 bits per heavy atom. The van der Waals surface area contributed by atoms with Gasteiger partial charge < -0.3 is 10.1 Å². The fraction of sp³-hybridized carbons (Fsp3) is 0.250. The summed E-state index contributed by atoms with van der Waals surface area (Å²) in [6, 6.07) is 4.88. The van der Waals surface area contributed by atoms with E-state index in [1.165, 1.54) is 7.11 Å². The first-order chi connectivity index (χ1) is 9.15. The van der Waals surface area contributed by atoms with Gasteiger partial charge in [-0.2, -0.15) is 5.10 Å². The molecule has 19 heavy (non-hydrogen) atoms. The molecule has 0 bridgehead atoms. The minimum atomic E-state index is -0.467. The topological polar surface area (TPSA) is 82.2 Å². The molecule has 0 amide bonds. The highest BCUT2D eigenvalue weighted by atomic mass is 16.6. The van der Waals surface area contributed by atoms with Crippen molar-refractivity contribution in [1.29, 1.82) is 0 Å². The van der Waals surface area contributed by atoms with Crippen LogP contribution in [0.4, 0.5) is 17.1 Å². The predicted molar refractivity (Wildman–Crippen MR) is 70.8 cm³/mol. The van der Waals surface area contributed by atoms with E-state index in [2.05, 4.69) is 10.4 Å². The number of anilines is 2. The fourth-order valence-electron chi connectivity index (χ4n) is 1.73. The maximum atomic E-state index is 11.1. The Kier molecular flexibility index (Phi) is 3.65. The summed E-state index contributed by atoms with van der Waals surface area (Å²) in [5.74, 6) is 0.220. The average molecular weight is 262 g/mol. The molecule has 2 aromatic rings. The Balaban J connectivity index is 2.36.